The molecule has 1 aromatic rings. The average Bonchev–Trinajstić information content (AvgIpc) is 3.11. The van der Waals surface area contributed by atoms with E-state index in [9.17, 15) is 4.79 Å². The molecule has 2 N–H and O–H groups in total. The van der Waals surface area contributed by atoms with Crippen molar-refractivity contribution in [1.29, 1.82) is 0 Å². The molecule has 1 amide bonds. The lowest BCUT2D eigenvalue weighted by Gasteiger charge is -2.37. The first-order valence-electron chi connectivity index (χ1n) is 10.4. The van der Waals surface area contributed by atoms with Crippen LogP contribution in [-0.4, -0.2) is 55.3 Å². The molecule has 1 heterocycles. The number of nitrogens with zero attached hydrogens (tertiary/aromatic N) is 1. The van der Waals surface area contributed by atoms with Crippen LogP contribution in [0.4, 0.5) is 0 Å². The number of piperidine rings is 1. The van der Waals surface area contributed by atoms with E-state index in [0.29, 0.717) is 25.0 Å². The molecule has 5 nitrogen and oxygen atoms in total. The van der Waals surface area contributed by atoms with Gasteiger partial charge < -0.3 is 20.1 Å². The third kappa shape index (κ3) is 5.69. The number of fused-ring (bicyclic) bond motifs is 1. The van der Waals surface area contributed by atoms with Crippen LogP contribution in [0.1, 0.15) is 37.8 Å². The number of carbonyl (C=O) groups excluding carboxylic acids is 1. The third-order valence-corrected chi connectivity index (χ3v) is 5.57. The minimum atomic E-state index is -0.0299. The molecular formula is C22H34N2O3. The molecule has 1 aliphatic heterocycles. The number of amides is 1. The van der Waals surface area contributed by atoms with Crippen LogP contribution >= 0.6 is 0 Å². The van der Waals surface area contributed by atoms with Crippen molar-refractivity contribution in [2.75, 3.05) is 39.4 Å². The fourth-order valence-corrected chi connectivity index (χ4v) is 4.45. The second kappa shape index (κ2) is 9.56. The number of aliphatic hydroxyl groups excluding tert-OH is 1. The summed E-state index contributed by atoms with van der Waals surface area (Å²) in [6.07, 6.45) is 4.44. The monoisotopic (exact) mass is 374 g/mol. The average molecular weight is 375 g/mol. The van der Waals surface area contributed by atoms with Crippen LogP contribution in [0.5, 0.6) is 5.75 Å². The SMILES string of the molecule is CC(C)CN1C[C@@H](COc2ccc3c(c2)CCC3)C[C@@H](C(=O)NCCO)C1. The molecule has 0 radical (unpaired) electrons. The number of aryl methyl sites for hydroxylation is 2. The Morgan fingerprint density at radius 1 is 1.30 bits per heavy atom. The smallest absolute Gasteiger partial charge is 0.224 e. The fourth-order valence-electron chi connectivity index (χ4n) is 4.45. The van der Waals surface area contributed by atoms with E-state index in [-0.39, 0.29) is 18.4 Å². The van der Waals surface area contributed by atoms with Crippen molar-refractivity contribution in [1.82, 2.24) is 10.2 Å². The summed E-state index contributed by atoms with van der Waals surface area (Å²) >= 11 is 0. The van der Waals surface area contributed by atoms with E-state index in [0.717, 1.165) is 38.2 Å². The van der Waals surface area contributed by atoms with Crippen molar-refractivity contribution in [2.24, 2.45) is 17.8 Å². The lowest BCUT2D eigenvalue weighted by atomic mass is 9.88. The van der Waals surface area contributed by atoms with Crippen LogP contribution in [0.15, 0.2) is 18.2 Å². The van der Waals surface area contributed by atoms with Crippen LogP contribution in [0, 0.1) is 17.8 Å². The summed E-state index contributed by atoms with van der Waals surface area (Å²) < 4.78 is 6.13. The molecule has 0 saturated carbocycles. The van der Waals surface area contributed by atoms with Crippen LogP contribution in [0.3, 0.4) is 0 Å². The first-order chi connectivity index (χ1) is 13.0. The standard InChI is InChI=1S/C22H34N2O3/c1-16(2)12-24-13-17(10-20(14-24)22(26)23-8-9-25)15-27-21-7-6-18-4-3-5-19(18)11-21/h6-7,11,16-17,20,25H,3-5,8-10,12-15H2,1-2H3,(H,23,26)/t17-,20+/m0/s1. The topological polar surface area (TPSA) is 61.8 Å². The van der Waals surface area contributed by atoms with Gasteiger partial charge in [0.05, 0.1) is 19.1 Å². The second-order valence-electron chi connectivity index (χ2n) is 8.52. The number of likely N-dealkylation sites (tertiary alicyclic amines) is 1. The zero-order chi connectivity index (χ0) is 19.2. The van der Waals surface area contributed by atoms with Crippen molar-refractivity contribution < 1.29 is 14.6 Å². The normalized spacial score (nSPS) is 22.7. The van der Waals surface area contributed by atoms with Gasteiger partial charge in [-0.25, -0.2) is 0 Å². The van der Waals surface area contributed by atoms with Crippen molar-refractivity contribution in [3.05, 3.63) is 29.3 Å². The summed E-state index contributed by atoms with van der Waals surface area (Å²) in [4.78, 5) is 14.8. The van der Waals surface area contributed by atoms with Gasteiger partial charge >= 0.3 is 0 Å². The Balaban J connectivity index is 1.59. The quantitative estimate of drug-likeness (QED) is 0.733. The van der Waals surface area contributed by atoms with Crippen LogP contribution in [0.25, 0.3) is 0 Å². The summed E-state index contributed by atoms with van der Waals surface area (Å²) in [5.41, 5.74) is 2.89. The fraction of sp³-hybridized carbons (Fsp3) is 0.682. The lowest BCUT2D eigenvalue weighted by molar-refractivity contribution is -0.128. The number of carbonyl (C=O) groups is 1. The summed E-state index contributed by atoms with van der Waals surface area (Å²) in [7, 11) is 0. The Morgan fingerprint density at radius 2 is 2.11 bits per heavy atom. The van der Waals surface area contributed by atoms with Gasteiger partial charge in [0, 0.05) is 32.1 Å². The predicted octanol–water partition coefficient (Wildman–Crippen LogP) is 2.26. The van der Waals surface area contributed by atoms with E-state index < -0.39 is 0 Å². The molecule has 0 unspecified atom stereocenters. The minimum absolute atomic E-state index is 0.0148. The van der Waals surface area contributed by atoms with Crippen molar-refractivity contribution >= 4 is 5.91 Å². The molecule has 3 rings (SSSR count). The van der Waals surface area contributed by atoms with E-state index in [1.807, 2.05) is 0 Å². The molecule has 1 aromatic carbocycles. The predicted molar refractivity (Wildman–Crippen MR) is 107 cm³/mol. The van der Waals surface area contributed by atoms with E-state index >= 15 is 0 Å². The molecule has 2 aliphatic rings. The summed E-state index contributed by atoms with van der Waals surface area (Å²) in [5.74, 6) is 1.90. The summed E-state index contributed by atoms with van der Waals surface area (Å²) in [5, 5.41) is 11.8. The molecule has 27 heavy (non-hydrogen) atoms. The van der Waals surface area contributed by atoms with Gasteiger partial charge in [0.25, 0.3) is 0 Å². The highest BCUT2D eigenvalue weighted by Crippen LogP contribution is 2.28. The van der Waals surface area contributed by atoms with E-state index in [2.05, 4.69) is 42.3 Å². The first kappa shape index (κ1) is 20.2. The maximum atomic E-state index is 12.4. The zero-order valence-electron chi connectivity index (χ0n) is 16.7. The number of hydrogen-bond acceptors (Lipinski definition) is 4. The lowest BCUT2D eigenvalue weighted by Crippen LogP contribution is -2.48. The van der Waals surface area contributed by atoms with Gasteiger partial charge in [-0.15, -0.1) is 0 Å². The second-order valence-corrected chi connectivity index (χ2v) is 8.52. The maximum Gasteiger partial charge on any atom is 0.224 e. The van der Waals surface area contributed by atoms with E-state index in [1.54, 1.807) is 0 Å². The van der Waals surface area contributed by atoms with Gasteiger partial charge in [-0.1, -0.05) is 19.9 Å². The molecule has 0 spiro atoms. The molecule has 150 valence electrons. The Kier molecular flexibility index (Phi) is 7.13. The van der Waals surface area contributed by atoms with Gasteiger partial charge in [-0.2, -0.15) is 0 Å². The number of rotatable bonds is 8. The number of ether oxygens (including phenoxy) is 1. The number of benzene rings is 1. The number of nitrogens with one attached hydrogen (secondary N) is 1. The van der Waals surface area contributed by atoms with Crippen molar-refractivity contribution in [3.63, 3.8) is 0 Å². The summed E-state index contributed by atoms with van der Waals surface area (Å²) in [6, 6.07) is 6.49. The highest BCUT2D eigenvalue weighted by atomic mass is 16.5. The number of aliphatic hydroxyl groups is 1. The minimum Gasteiger partial charge on any atom is -0.493 e. The highest BCUT2D eigenvalue weighted by Gasteiger charge is 2.32. The Bertz CT molecular complexity index is 632. The maximum absolute atomic E-state index is 12.4. The molecule has 1 fully saturated rings. The molecule has 0 bridgehead atoms. The molecule has 1 saturated heterocycles. The Hall–Kier alpha value is -1.59. The van der Waals surface area contributed by atoms with E-state index in [1.165, 1.54) is 24.0 Å². The van der Waals surface area contributed by atoms with Crippen molar-refractivity contribution in [2.45, 2.75) is 39.5 Å². The zero-order valence-corrected chi connectivity index (χ0v) is 16.7. The van der Waals surface area contributed by atoms with Crippen molar-refractivity contribution in [3.8, 4) is 5.75 Å². The molecule has 1 aliphatic carbocycles. The molecule has 0 aromatic heterocycles. The first-order valence-corrected chi connectivity index (χ1v) is 10.4. The molecule has 5 heteroatoms. The Morgan fingerprint density at radius 3 is 2.89 bits per heavy atom. The Labute approximate surface area is 163 Å². The van der Waals surface area contributed by atoms with E-state index in [4.69, 9.17) is 9.84 Å². The van der Waals surface area contributed by atoms with Gasteiger partial charge in [-0.3, -0.25) is 4.79 Å². The van der Waals surface area contributed by atoms with Crippen LogP contribution in [0.2, 0.25) is 0 Å². The van der Waals surface area contributed by atoms with Gasteiger partial charge in [0.2, 0.25) is 5.91 Å². The highest BCUT2D eigenvalue weighted by molar-refractivity contribution is 5.79. The largest absolute Gasteiger partial charge is 0.493 e. The summed E-state index contributed by atoms with van der Waals surface area (Å²) in [6.45, 7) is 8.17. The van der Waals surface area contributed by atoms with Crippen LogP contribution in [-0.2, 0) is 17.6 Å². The van der Waals surface area contributed by atoms with Gasteiger partial charge in [-0.05, 0) is 54.9 Å². The third-order valence-electron chi connectivity index (χ3n) is 5.57. The van der Waals surface area contributed by atoms with Gasteiger partial charge in [0.15, 0.2) is 0 Å². The molecule has 2 atom stereocenters. The number of hydrogen-bond donors (Lipinski definition) is 2. The molecular weight excluding hydrogens is 340 g/mol. The van der Waals surface area contributed by atoms with Crippen LogP contribution < -0.4 is 10.1 Å². The van der Waals surface area contributed by atoms with Gasteiger partial charge in [0.1, 0.15) is 5.75 Å².